The van der Waals surface area contributed by atoms with Crippen LogP contribution in [-0.4, -0.2) is 39.8 Å². The first kappa shape index (κ1) is 20.4. The molecule has 0 spiro atoms. The van der Waals surface area contributed by atoms with Crippen molar-refractivity contribution in [3.8, 4) is 22.8 Å². The number of hydrogen-bond acceptors (Lipinski definition) is 3. The maximum absolute atomic E-state index is 5.95. The molecule has 0 radical (unpaired) electrons. The Morgan fingerprint density at radius 3 is 1.97 bits per heavy atom. The van der Waals surface area contributed by atoms with E-state index in [1.165, 1.54) is 0 Å². The molecule has 1 heterocycles. The second kappa shape index (κ2) is 9.74. The van der Waals surface area contributed by atoms with Crippen molar-refractivity contribution in [3.63, 3.8) is 0 Å². The van der Waals surface area contributed by atoms with Crippen LogP contribution in [0.2, 0.25) is 0 Å². The van der Waals surface area contributed by atoms with E-state index in [1.54, 1.807) is 0 Å². The third-order valence-corrected chi connectivity index (χ3v) is 5.07. The molecule has 4 aromatic rings. The molecule has 7 heteroatoms. The van der Waals surface area contributed by atoms with Gasteiger partial charge in [0.05, 0.1) is 10.7 Å². The molecule has 0 N–H and O–H groups in total. The minimum absolute atomic E-state index is 0.552. The van der Waals surface area contributed by atoms with Gasteiger partial charge in [-0.05, 0) is 58.4 Å². The summed E-state index contributed by atoms with van der Waals surface area (Å²) in [5.74, 6) is 1.77. The van der Waals surface area contributed by atoms with Crippen molar-refractivity contribution in [1.82, 2.24) is 15.0 Å². The van der Waals surface area contributed by atoms with Gasteiger partial charge in [-0.15, -0.1) is 23.2 Å². The first-order valence-corrected chi connectivity index (χ1v) is 10.8. The van der Waals surface area contributed by atoms with Crippen molar-refractivity contribution in [2.24, 2.45) is 0 Å². The summed E-state index contributed by atoms with van der Waals surface area (Å²) in [5.41, 5.74) is 3.89. The van der Waals surface area contributed by atoms with Crippen molar-refractivity contribution in [1.29, 1.82) is 0 Å². The summed E-state index contributed by atoms with van der Waals surface area (Å²) >= 11 is 11.9. The molecule has 1 aromatic heterocycles. The fourth-order valence-corrected chi connectivity index (χ4v) is 3.66. The Labute approximate surface area is 186 Å². The van der Waals surface area contributed by atoms with Gasteiger partial charge in [0.15, 0.2) is 5.69 Å². The van der Waals surface area contributed by atoms with E-state index >= 15 is 0 Å². The fraction of sp³-hybridized carbons (Fsp3) is 0.174. The van der Waals surface area contributed by atoms with Crippen molar-refractivity contribution < 1.29 is 4.80 Å². The van der Waals surface area contributed by atoms with Crippen LogP contribution in [0.3, 0.4) is 0 Å². The van der Waals surface area contributed by atoms with Gasteiger partial charge in [-0.1, -0.05) is 36.4 Å². The Balaban J connectivity index is 1.75. The maximum atomic E-state index is 5.95. The molecule has 0 unspecified atom stereocenters. The molecule has 0 bridgehead atoms. The van der Waals surface area contributed by atoms with E-state index in [1.807, 2.05) is 82.4 Å². The molecule has 0 aliphatic carbocycles. The maximum Gasteiger partial charge on any atom is 0.340 e. The predicted molar refractivity (Wildman–Crippen MR) is 122 cm³/mol. The molecule has 152 valence electrons. The first-order valence-electron chi connectivity index (χ1n) is 9.78. The number of para-hydroxylation sites is 1. The van der Waals surface area contributed by atoms with Gasteiger partial charge in [0.2, 0.25) is 0 Å². The lowest BCUT2D eigenvalue weighted by molar-refractivity contribution is -0.734. The zero-order valence-electron chi connectivity index (χ0n) is 16.4. The highest BCUT2D eigenvalue weighted by atomic mass is 35.5. The van der Waals surface area contributed by atoms with Gasteiger partial charge in [0.1, 0.15) is 5.69 Å². The standard InChI is InChI=1S/C23H22Cl2N5/c24-15-17-28(18-16-25)20-11-13-22(14-12-20)30-27-23(19-7-3-1-4-8-19)26-29(30)21-9-5-2-6-10-21/h1-14H,15-18H2/q+1. The van der Waals surface area contributed by atoms with Crippen molar-refractivity contribution in [2.45, 2.75) is 0 Å². The minimum atomic E-state index is 0.552. The summed E-state index contributed by atoms with van der Waals surface area (Å²) in [5, 5.41) is 9.55. The van der Waals surface area contributed by atoms with Crippen molar-refractivity contribution >= 4 is 28.9 Å². The molecule has 0 atom stereocenters. The normalized spacial score (nSPS) is 10.9. The number of alkyl halides is 2. The van der Waals surface area contributed by atoms with Gasteiger partial charge in [-0.2, -0.15) is 0 Å². The average molecular weight is 439 g/mol. The molecule has 30 heavy (non-hydrogen) atoms. The summed E-state index contributed by atoms with van der Waals surface area (Å²) in [6.07, 6.45) is 0. The highest BCUT2D eigenvalue weighted by molar-refractivity contribution is 6.18. The lowest BCUT2D eigenvalue weighted by Crippen LogP contribution is -2.43. The zero-order chi connectivity index (χ0) is 20.8. The lowest BCUT2D eigenvalue weighted by Gasteiger charge is -2.22. The van der Waals surface area contributed by atoms with Crippen LogP contribution < -0.4 is 9.70 Å². The molecule has 0 aliphatic heterocycles. The van der Waals surface area contributed by atoms with E-state index in [0.29, 0.717) is 17.6 Å². The topological polar surface area (TPSA) is 37.8 Å². The quantitative estimate of drug-likeness (QED) is 0.300. The number of rotatable bonds is 8. The van der Waals surface area contributed by atoms with Crippen molar-refractivity contribution in [3.05, 3.63) is 84.9 Å². The summed E-state index contributed by atoms with van der Waals surface area (Å²) < 4.78 is 0. The molecular weight excluding hydrogens is 417 g/mol. The average Bonchev–Trinajstić information content (AvgIpc) is 3.26. The van der Waals surface area contributed by atoms with E-state index in [4.69, 9.17) is 33.4 Å². The van der Waals surface area contributed by atoms with Crippen molar-refractivity contribution in [2.75, 3.05) is 29.7 Å². The number of aromatic nitrogens is 4. The van der Waals surface area contributed by atoms with Crippen LogP contribution in [0.5, 0.6) is 0 Å². The lowest BCUT2D eigenvalue weighted by atomic mass is 10.2. The fourth-order valence-electron chi connectivity index (χ4n) is 3.25. The van der Waals surface area contributed by atoms with E-state index in [0.717, 1.165) is 35.7 Å². The molecule has 5 nitrogen and oxygen atoms in total. The molecule has 3 aromatic carbocycles. The van der Waals surface area contributed by atoms with E-state index in [-0.39, 0.29) is 0 Å². The Morgan fingerprint density at radius 2 is 1.37 bits per heavy atom. The number of halogens is 2. The summed E-state index contributed by atoms with van der Waals surface area (Å²) in [4.78, 5) is 5.80. The van der Waals surface area contributed by atoms with E-state index in [9.17, 15) is 0 Å². The molecule has 0 aliphatic rings. The van der Waals surface area contributed by atoms with Crippen LogP contribution in [0, 0.1) is 0 Å². The van der Waals surface area contributed by atoms with Gasteiger partial charge in [0.25, 0.3) is 0 Å². The van der Waals surface area contributed by atoms with Crippen LogP contribution in [0.15, 0.2) is 84.9 Å². The molecule has 0 saturated heterocycles. The van der Waals surface area contributed by atoms with Gasteiger partial charge >= 0.3 is 5.82 Å². The number of nitrogens with zero attached hydrogens (tertiary/aromatic N) is 5. The van der Waals surface area contributed by atoms with Gasteiger partial charge in [-0.25, -0.2) is 0 Å². The molecular formula is C23H22Cl2N5+. The Kier molecular flexibility index (Phi) is 6.62. The SMILES string of the molecule is ClCCN(CCCl)c1ccc(-[n+]2nc(-c3ccccc3)nn2-c2ccccc2)cc1. The second-order valence-electron chi connectivity index (χ2n) is 6.69. The third kappa shape index (κ3) is 4.48. The monoisotopic (exact) mass is 438 g/mol. The summed E-state index contributed by atoms with van der Waals surface area (Å²) in [7, 11) is 0. The van der Waals surface area contributed by atoms with Crippen LogP contribution in [-0.2, 0) is 0 Å². The minimum Gasteiger partial charge on any atom is -0.369 e. The van der Waals surface area contributed by atoms with E-state index < -0.39 is 0 Å². The largest absolute Gasteiger partial charge is 0.369 e. The Morgan fingerprint density at radius 1 is 0.767 bits per heavy atom. The smallest absolute Gasteiger partial charge is 0.340 e. The van der Waals surface area contributed by atoms with Crippen LogP contribution >= 0.6 is 23.2 Å². The molecule has 0 amide bonds. The highest BCUT2D eigenvalue weighted by Gasteiger charge is 2.23. The van der Waals surface area contributed by atoms with Gasteiger partial charge in [0, 0.05) is 35.3 Å². The molecule has 0 fully saturated rings. The predicted octanol–water partition coefficient (Wildman–Crippen LogP) is 4.50. The van der Waals surface area contributed by atoms with Gasteiger partial charge < -0.3 is 4.90 Å². The first-order chi connectivity index (χ1) is 14.8. The van der Waals surface area contributed by atoms with Crippen LogP contribution in [0.4, 0.5) is 5.69 Å². The Hall–Kier alpha value is -2.89. The highest BCUT2D eigenvalue weighted by Crippen LogP contribution is 2.18. The number of benzene rings is 3. The zero-order valence-corrected chi connectivity index (χ0v) is 17.9. The van der Waals surface area contributed by atoms with E-state index in [2.05, 4.69) is 17.0 Å². The molecule has 4 rings (SSSR count). The van der Waals surface area contributed by atoms with Gasteiger partial charge in [-0.3, -0.25) is 0 Å². The third-order valence-electron chi connectivity index (χ3n) is 4.73. The van der Waals surface area contributed by atoms with Crippen LogP contribution in [0.25, 0.3) is 22.8 Å². The number of hydrogen-bond donors (Lipinski definition) is 0. The number of tetrazole rings is 1. The second-order valence-corrected chi connectivity index (χ2v) is 7.44. The number of anilines is 1. The molecule has 0 saturated carbocycles. The van der Waals surface area contributed by atoms with Crippen LogP contribution in [0.1, 0.15) is 0 Å². The summed E-state index contributed by atoms with van der Waals surface area (Å²) in [6.45, 7) is 1.50. The summed E-state index contributed by atoms with van der Waals surface area (Å²) in [6, 6.07) is 28.2. The Bertz CT molecular complexity index is 1060.